The van der Waals surface area contributed by atoms with Gasteiger partial charge in [-0.2, -0.15) is 11.8 Å². The molecule has 0 spiro atoms. The highest BCUT2D eigenvalue weighted by atomic mass is 32.2. The molecule has 0 saturated heterocycles. The summed E-state index contributed by atoms with van der Waals surface area (Å²) in [6, 6.07) is 6.55. The van der Waals surface area contributed by atoms with Crippen LogP contribution in [0.3, 0.4) is 0 Å². The van der Waals surface area contributed by atoms with Crippen molar-refractivity contribution in [3.63, 3.8) is 0 Å². The summed E-state index contributed by atoms with van der Waals surface area (Å²) < 4.78 is 10.3. The maximum Gasteiger partial charge on any atom is 0.306 e. The Labute approximate surface area is 130 Å². The molecule has 0 radical (unpaired) electrons. The van der Waals surface area contributed by atoms with E-state index in [1.54, 1.807) is 0 Å². The maximum atomic E-state index is 11.4. The number of methoxy groups -OCH3 is 1. The molecule has 0 bridgehead atoms. The summed E-state index contributed by atoms with van der Waals surface area (Å²) in [5.41, 5.74) is 2.98. The van der Waals surface area contributed by atoms with Crippen molar-refractivity contribution in [1.29, 1.82) is 0 Å². The van der Waals surface area contributed by atoms with Crippen LogP contribution in [0.4, 0.5) is 0 Å². The Kier molecular flexibility index (Phi) is 4.43. The van der Waals surface area contributed by atoms with Crippen molar-refractivity contribution in [1.82, 2.24) is 0 Å². The highest BCUT2D eigenvalue weighted by Gasteiger charge is 2.44. The quantitative estimate of drug-likeness (QED) is 0.572. The fourth-order valence-electron chi connectivity index (χ4n) is 2.80. The average molecular weight is 306 g/mol. The van der Waals surface area contributed by atoms with Gasteiger partial charge in [0.05, 0.1) is 20.1 Å². The molecule has 3 nitrogen and oxygen atoms in total. The second kappa shape index (κ2) is 6.30. The summed E-state index contributed by atoms with van der Waals surface area (Å²) in [5, 5.41) is 0. The van der Waals surface area contributed by atoms with Crippen LogP contribution in [0.25, 0.3) is 0 Å². The van der Waals surface area contributed by atoms with Crippen molar-refractivity contribution >= 4 is 17.7 Å². The Bertz CT molecular complexity index is 523. The number of ether oxygens (including phenoxy) is 2. The zero-order valence-corrected chi connectivity index (χ0v) is 13.3. The summed E-state index contributed by atoms with van der Waals surface area (Å²) in [6.45, 7) is 0.823. The molecule has 21 heavy (non-hydrogen) atoms. The fraction of sp³-hybridized carbons (Fsp3) is 0.588. The van der Waals surface area contributed by atoms with Crippen molar-refractivity contribution in [2.24, 2.45) is 5.41 Å². The minimum Gasteiger partial charge on any atom is -0.493 e. The monoisotopic (exact) mass is 306 g/mol. The van der Waals surface area contributed by atoms with Crippen LogP contribution in [0, 0.1) is 5.41 Å². The molecule has 1 saturated carbocycles. The zero-order valence-electron chi connectivity index (χ0n) is 12.5. The fourth-order valence-corrected chi connectivity index (χ4v) is 4.15. The Morgan fingerprint density at radius 3 is 3.05 bits per heavy atom. The van der Waals surface area contributed by atoms with Crippen LogP contribution < -0.4 is 4.74 Å². The van der Waals surface area contributed by atoms with Crippen LogP contribution in [0.5, 0.6) is 5.75 Å². The molecule has 1 aliphatic carbocycles. The van der Waals surface area contributed by atoms with Crippen LogP contribution in [-0.4, -0.2) is 31.2 Å². The molecule has 0 unspecified atom stereocenters. The van der Waals surface area contributed by atoms with Gasteiger partial charge < -0.3 is 9.47 Å². The maximum absolute atomic E-state index is 11.4. The number of thioether (sulfide) groups is 1. The van der Waals surface area contributed by atoms with Crippen LogP contribution in [0.15, 0.2) is 18.2 Å². The lowest BCUT2D eigenvalue weighted by molar-refractivity contribution is -0.141. The molecule has 3 rings (SSSR count). The van der Waals surface area contributed by atoms with E-state index in [0.29, 0.717) is 6.42 Å². The summed E-state index contributed by atoms with van der Waals surface area (Å²) in [7, 11) is 1.48. The van der Waals surface area contributed by atoms with Crippen molar-refractivity contribution in [3.8, 4) is 5.75 Å². The van der Waals surface area contributed by atoms with Crippen LogP contribution in [-0.2, 0) is 22.4 Å². The molecule has 2 aliphatic rings. The number of carbonyl (C=O) groups excluding carboxylic acids is 1. The van der Waals surface area contributed by atoms with Crippen molar-refractivity contribution in [3.05, 3.63) is 29.3 Å². The molecule has 4 heteroatoms. The number of rotatable bonds is 7. The minimum absolute atomic E-state index is 0.0632. The first-order valence-corrected chi connectivity index (χ1v) is 8.75. The molecular formula is C17H22O3S. The van der Waals surface area contributed by atoms with E-state index in [1.807, 2.05) is 11.8 Å². The highest BCUT2D eigenvalue weighted by molar-refractivity contribution is 7.99. The third-order valence-corrected chi connectivity index (χ3v) is 5.71. The molecule has 0 aromatic heterocycles. The molecule has 0 atom stereocenters. The van der Waals surface area contributed by atoms with Gasteiger partial charge in [-0.3, -0.25) is 4.79 Å². The lowest BCUT2D eigenvalue weighted by Gasteiger charge is -2.13. The van der Waals surface area contributed by atoms with Crippen LogP contribution in [0.1, 0.15) is 30.4 Å². The van der Waals surface area contributed by atoms with Crippen molar-refractivity contribution < 1.29 is 14.3 Å². The molecule has 0 N–H and O–H groups in total. The Morgan fingerprint density at radius 2 is 2.29 bits per heavy atom. The van der Waals surface area contributed by atoms with Crippen molar-refractivity contribution in [2.75, 3.05) is 25.2 Å². The van der Waals surface area contributed by atoms with E-state index in [-0.39, 0.29) is 11.4 Å². The SMILES string of the molecule is COC(=O)CC1(CSCCc2ccc3c(c2)CCO3)CC1. The van der Waals surface area contributed by atoms with E-state index in [2.05, 4.69) is 18.2 Å². The van der Waals surface area contributed by atoms with E-state index in [4.69, 9.17) is 9.47 Å². The standard InChI is InChI=1S/C17H22O3S/c1-19-16(18)11-17(6-7-17)12-21-9-5-13-2-3-15-14(10-13)4-8-20-15/h2-3,10H,4-9,11-12H2,1H3. The normalized spacial score (nSPS) is 18.0. The molecule has 1 aromatic rings. The Balaban J connectivity index is 1.41. The van der Waals surface area contributed by atoms with E-state index in [9.17, 15) is 4.79 Å². The molecule has 114 valence electrons. The van der Waals surface area contributed by atoms with E-state index in [1.165, 1.54) is 31.1 Å². The van der Waals surface area contributed by atoms with Gasteiger partial charge in [-0.1, -0.05) is 12.1 Å². The van der Waals surface area contributed by atoms with E-state index < -0.39 is 0 Å². The lowest BCUT2D eigenvalue weighted by atomic mass is 10.1. The smallest absolute Gasteiger partial charge is 0.306 e. The van der Waals surface area contributed by atoms with Gasteiger partial charge in [0.1, 0.15) is 5.75 Å². The van der Waals surface area contributed by atoms with Crippen molar-refractivity contribution in [2.45, 2.75) is 32.1 Å². The minimum atomic E-state index is -0.0632. The molecule has 0 amide bonds. The average Bonchev–Trinajstić information content (AvgIpc) is 3.09. The van der Waals surface area contributed by atoms with Gasteiger partial charge in [0.2, 0.25) is 0 Å². The van der Waals surface area contributed by atoms with Gasteiger partial charge >= 0.3 is 5.97 Å². The second-order valence-corrected chi connectivity index (χ2v) is 7.20. The first-order chi connectivity index (χ1) is 10.2. The third-order valence-electron chi connectivity index (χ3n) is 4.40. The summed E-state index contributed by atoms with van der Waals surface area (Å²) in [4.78, 5) is 11.4. The number of hydrogen-bond donors (Lipinski definition) is 0. The van der Waals surface area contributed by atoms with Gasteiger partial charge in [-0.15, -0.1) is 0 Å². The third kappa shape index (κ3) is 3.73. The summed E-state index contributed by atoms with van der Waals surface area (Å²) in [5.74, 6) is 3.19. The van der Waals surface area contributed by atoms with Gasteiger partial charge in [-0.05, 0) is 53.4 Å². The molecule has 1 heterocycles. The first kappa shape index (κ1) is 14.8. The van der Waals surface area contributed by atoms with Gasteiger partial charge in [0.25, 0.3) is 0 Å². The van der Waals surface area contributed by atoms with E-state index >= 15 is 0 Å². The number of benzene rings is 1. The summed E-state index contributed by atoms with van der Waals surface area (Å²) in [6.07, 6.45) is 5.06. The lowest BCUT2D eigenvalue weighted by Crippen LogP contribution is -2.13. The van der Waals surface area contributed by atoms with E-state index in [0.717, 1.165) is 36.7 Å². The first-order valence-electron chi connectivity index (χ1n) is 7.60. The topological polar surface area (TPSA) is 35.5 Å². The largest absolute Gasteiger partial charge is 0.493 e. The van der Waals surface area contributed by atoms with Crippen LogP contribution >= 0.6 is 11.8 Å². The molecule has 1 fully saturated rings. The number of carbonyl (C=O) groups is 1. The number of hydrogen-bond acceptors (Lipinski definition) is 4. The Hall–Kier alpha value is -1.16. The number of esters is 1. The predicted octanol–water partition coefficient (Wildman–Crippen LogP) is 3.24. The molecular weight excluding hydrogens is 284 g/mol. The van der Waals surface area contributed by atoms with Gasteiger partial charge in [-0.25, -0.2) is 0 Å². The number of fused-ring (bicyclic) bond motifs is 1. The predicted molar refractivity (Wildman–Crippen MR) is 85.0 cm³/mol. The Morgan fingerprint density at radius 1 is 1.43 bits per heavy atom. The highest BCUT2D eigenvalue weighted by Crippen LogP contribution is 2.51. The number of aryl methyl sites for hydroxylation is 1. The molecule has 1 aromatic carbocycles. The van der Waals surface area contributed by atoms with Gasteiger partial charge in [0, 0.05) is 6.42 Å². The van der Waals surface area contributed by atoms with Gasteiger partial charge in [0.15, 0.2) is 0 Å². The zero-order chi connectivity index (χ0) is 14.7. The molecule has 1 aliphatic heterocycles. The summed E-state index contributed by atoms with van der Waals surface area (Å²) >= 11 is 1.96. The second-order valence-electron chi connectivity index (χ2n) is 6.10. The van der Waals surface area contributed by atoms with Crippen LogP contribution in [0.2, 0.25) is 0 Å².